The van der Waals surface area contributed by atoms with E-state index in [1.807, 2.05) is 0 Å². The van der Waals surface area contributed by atoms with Crippen LogP contribution in [0.4, 0.5) is 0 Å². The molecule has 2 heteroatoms. The van der Waals surface area contributed by atoms with Gasteiger partial charge in [0.1, 0.15) is 0 Å². The maximum absolute atomic E-state index is 6.26. The Morgan fingerprint density at radius 3 is 2.93 bits per heavy atom. The summed E-state index contributed by atoms with van der Waals surface area (Å²) in [4.78, 5) is 0. The Morgan fingerprint density at radius 2 is 1.93 bits per heavy atom. The zero-order valence-corrected chi connectivity index (χ0v) is 8.93. The fourth-order valence-corrected chi connectivity index (χ4v) is 3.56. The fraction of sp³-hybridized carbons (Fsp3) is 1.00. The number of rotatable bonds is 0. The second-order valence-corrected chi connectivity index (χ2v) is 5.26. The van der Waals surface area contributed by atoms with E-state index in [4.69, 9.17) is 4.74 Å². The predicted molar refractivity (Wildman–Crippen MR) is 56.3 cm³/mol. The molecule has 2 saturated heterocycles. The summed E-state index contributed by atoms with van der Waals surface area (Å²) in [6.07, 6.45) is 11.4. The van der Waals surface area contributed by atoms with Gasteiger partial charge in [-0.1, -0.05) is 25.7 Å². The molecule has 80 valence electrons. The molecule has 1 saturated carbocycles. The minimum Gasteiger partial charge on any atom is -0.369 e. The van der Waals surface area contributed by atoms with Crippen molar-refractivity contribution >= 4 is 0 Å². The molecule has 1 aliphatic carbocycles. The Hall–Kier alpha value is -0.0800. The number of ether oxygens (including phenoxy) is 1. The second-order valence-electron chi connectivity index (χ2n) is 5.26. The van der Waals surface area contributed by atoms with Gasteiger partial charge in [-0.2, -0.15) is 0 Å². The fourth-order valence-electron chi connectivity index (χ4n) is 3.56. The summed E-state index contributed by atoms with van der Waals surface area (Å²) in [5.41, 5.74) is 0.253. The molecule has 2 nitrogen and oxygen atoms in total. The molecule has 3 aliphatic rings. The first-order valence-corrected chi connectivity index (χ1v) is 6.30. The SMILES string of the molecule is C1CCCC23CCC(CNC2CC1)O3. The van der Waals surface area contributed by atoms with E-state index in [0.717, 1.165) is 6.54 Å². The van der Waals surface area contributed by atoms with Crippen molar-refractivity contribution in [1.29, 1.82) is 0 Å². The molecular formula is C12H21NO. The van der Waals surface area contributed by atoms with E-state index >= 15 is 0 Å². The molecule has 3 atom stereocenters. The van der Waals surface area contributed by atoms with E-state index < -0.39 is 0 Å². The summed E-state index contributed by atoms with van der Waals surface area (Å²) < 4.78 is 6.26. The van der Waals surface area contributed by atoms with Crippen molar-refractivity contribution in [2.75, 3.05) is 6.54 Å². The van der Waals surface area contributed by atoms with Crippen molar-refractivity contribution in [2.24, 2.45) is 0 Å². The van der Waals surface area contributed by atoms with Crippen molar-refractivity contribution in [1.82, 2.24) is 5.32 Å². The van der Waals surface area contributed by atoms with Gasteiger partial charge >= 0.3 is 0 Å². The molecule has 0 aromatic carbocycles. The molecule has 14 heavy (non-hydrogen) atoms. The third kappa shape index (κ3) is 1.40. The molecule has 3 rings (SSSR count). The van der Waals surface area contributed by atoms with Crippen LogP contribution in [0.5, 0.6) is 0 Å². The van der Waals surface area contributed by atoms with Crippen LogP contribution in [0.3, 0.4) is 0 Å². The first-order valence-electron chi connectivity index (χ1n) is 6.30. The second kappa shape index (κ2) is 3.49. The molecule has 2 aliphatic heterocycles. The van der Waals surface area contributed by atoms with Gasteiger partial charge < -0.3 is 10.1 Å². The monoisotopic (exact) mass is 195 g/mol. The summed E-state index contributed by atoms with van der Waals surface area (Å²) in [6.45, 7) is 1.10. The van der Waals surface area contributed by atoms with Crippen molar-refractivity contribution in [3.05, 3.63) is 0 Å². The van der Waals surface area contributed by atoms with Crippen LogP contribution < -0.4 is 5.32 Å². The van der Waals surface area contributed by atoms with Gasteiger partial charge in [-0.3, -0.25) is 0 Å². The zero-order valence-electron chi connectivity index (χ0n) is 8.93. The summed E-state index contributed by atoms with van der Waals surface area (Å²) >= 11 is 0. The molecular weight excluding hydrogens is 174 g/mol. The minimum absolute atomic E-state index is 0.253. The maximum atomic E-state index is 6.26. The van der Waals surface area contributed by atoms with Crippen LogP contribution in [0, 0.1) is 0 Å². The minimum atomic E-state index is 0.253. The van der Waals surface area contributed by atoms with E-state index in [1.165, 1.54) is 51.4 Å². The number of morpholine rings is 1. The normalized spacial score (nSPS) is 48.0. The highest BCUT2D eigenvalue weighted by atomic mass is 16.5. The first kappa shape index (κ1) is 9.17. The molecule has 0 amide bonds. The quantitative estimate of drug-likeness (QED) is 0.640. The molecule has 1 N–H and O–H groups in total. The van der Waals surface area contributed by atoms with E-state index in [0.29, 0.717) is 12.1 Å². The van der Waals surface area contributed by atoms with Crippen LogP contribution in [0.1, 0.15) is 51.4 Å². The Morgan fingerprint density at radius 1 is 1.00 bits per heavy atom. The van der Waals surface area contributed by atoms with Gasteiger partial charge in [-0.05, 0) is 25.7 Å². The molecule has 2 heterocycles. The Balaban J connectivity index is 1.80. The van der Waals surface area contributed by atoms with Crippen LogP contribution in [0.25, 0.3) is 0 Å². The van der Waals surface area contributed by atoms with E-state index in [9.17, 15) is 0 Å². The summed E-state index contributed by atoms with van der Waals surface area (Å²) in [5.74, 6) is 0. The van der Waals surface area contributed by atoms with Crippen LogP contribution >= 0.6 is 0 Å². The molecule has 3 fully saturated rings. The van der Waals surface area contributed by atoms with Crippen LogP contribution in [0.2, 0.25) is 0 Å². The van der Waals surface area contributed by atoms with E-state index in [-0.39, 0.29) is 5.60 Å². The lowest BCUT2D eigenvalue weighted by atomic mass is 9.81. The highest BCUT2D eigenvalue weighted by molar-refractivity contribution is 5.03. The maximum Gasteiger partial charge on any atom is 0.0840 e. The third-order valence-electron chi connectivity index (χ3n) is 4.36. The zero-order chi connectivity index (χ0) is 9.43. The highest BCUT2D eigenvalue weighted by Crippen LogP contribution is 2.42. The number of hydrogen-bond acceptors (Lipinski definition) is 2. The van der Waals surface area contributed by atoms with Gasteiger partial charge in [0.15, 0.2) is 0 Å². The number of fused-ring (bicyclic) bond motifs is 1. The molecule has 0 radical (unpaired) electrons. The third-order valence-corrected chi connectivity index (χ3v) is 4.36. The molecule has 0 aromatic heterocycles. The highest BCUT2D eigenvalue weighted by Gasteiger charge is 2.48. The molecule has 3 unspecified atom stereocenters. The van der Waals surface area contributed by atoms with E-state index in [1.54, 1.807) is 0 Å². The molecule has 0 aromatic rings. The summed E-state index contributed by atoms with van der Waals surface area (Å²) in [6, 6.07) is 0.668. The lowest BCUT2D eigenvalue weighted by Gasteiger charge is -2.43. The predicted octanol–water partition coefficient (Wildman–Crippen LogP) is 2.23. The summed E-state index contributed by atoms with van der Waals surface area (Å²) in [5, 5.41) is 3.72. The standard InChI is InChI=1S/C12H21NO/c1-2-4-7-12-8-6-10(14-12)9-13-11(12)5-3-1/h10-11,13H,1-9H2. The number of hydrogen-bond donors (Lipinski definition) is 1. The topological polar surface area (TPSA) is 21.3 Å². The first-order chi connectivity index (χ1) is 6.89. The average Bonchev–Trinajstić information content (AvgIpc) is 2.51. The Kier molecular flexibility index (Phi) is 2.29. The molecule has 2 bridgehead atoms. The van der Waals surface area contributed by atoms with Crippen molar-refractivity contribution in [2.45, 2.75) is 69.1 Å². The number of nitrogens with one attached hydrogen (secondary N) is 1. The lowest BCUT2D eigenvalue weighted by Crippen LogP contribution is -2.56. The van der Waals surface area contributed by atoms with Gasteiger partial charge in [-0.15, -0.1) is 0 Å². The average molecular weight is 195 g/mol. The van der Waals surface area contributed by atoms with Gasteiger partial charge in [0.2, 0.25) is 0 Å². The summed E-state index contributed by atoms with van der Waals surface area (Å²) in [7, 11) is 0. The molecule has 1 spiro atoms. The van der Waals surface area contributed by atoms with Crippen LogP contribution in [-0.4, -0.2) is 24.3 Å². The van der Waals surface area contributed by atoms with Crippen LogP contribution in [-0.2, 0) is 4.74 Å². The van der Waals surface area contributed by atoms with Gasteiger partial charge in [0, 0.05) is 12.6 Å². The van der Waals surface area contributed by atoms with Crippen molar-refractivity contribution in [3.8, 4) is 0 Å². The Labute approximate surface area is 86.4 Å². The smallest absolute Gasteiger partial charge is 0.0840 e. The van der Waals surface area contributed by atoms with Crippen LogP contribution in [0.15, 0.2) is 0 Å². The lowest BCUT2D eigenvalue weighted by molar-refractivity contribution is -0.103. The van der Waals surface area contributed by atoms with Gasteiger partial charge in [0.05, 0.1) is 11.7 Å². The largest absolute Gasteiger partial charge is 0.369 e. The van der Waals surface area contributed by atoms with Crippen molar-refractivity contribution in [3.63, 3.8) is 0 Å². The van der Waals surface area contributed by atoms with Gasteiger partial charge in [0.25, 0.3) is 0 Å². The van der Waals surface area contributed by atoms with Crippen molar-refractivity contribution < 1.29 is 4.74 Å². The van der Waals surface area contributed by atoms with E-state index in [2.05, 4.69) is 5.32 Å². The van der Waals surface area contributed by atoms with Gasteiger partial charge in [-0.25, -0.2) is 0 Å². The Bertz CT molecular complexity index is 216.